The Balaban J connectivity index is 1.75. The fraction of sp³-hybridized carbons (Fsp3) is 0.207. The Morgan fingerprint density at radius 1 is 1.03 bits per heavy atom. The van der Waals surface area contributed by atoms with Crippen molar-refractivity contribution in [1.29, 1.82) is 0 Å². The van der Waals surface area contributed by atoms with Crippen LogP contribution in [-0.2, 0) is 4.79 Å². The van der Waals surface area contributed by atoms with Gasteiger partial charge >= 0.3 is 0 Å². The number of hydrogen-bond donors (Lipinski definition) is 1. The van der Waals surface area contributed by atoms with E-state index in [0.29, 0.717) is 23.1 Å². The van der Waals surface area contributed by atoms with Crippen LogP contribution < -0.4 is 10.1 Å². The van der Waals surface area contributed by atoms with Crippen molar-refractivity contribution in [2.45, 2.75) is 34.6 Å². The molecular formula is C29H28ClNO3. The van der Waals surface area contributed by atoms with Gasteiger partial charge in [0.2, 0.25) is 5.91 Å². The summed E-state index contributed by atoms with van der Waals surface area (Å²) in [5.41, 5.74) is 8.54. The number of allylic oxidation sites excluding steroid dienone is 1. The fourth-order valence-corrected chi connectivity index (χ4v) is 4.31. The van der Waals surface area contributed by atoms with Crippen LogP contribution in [0.4, 0.5) is 5.69 Å². The molecule has 1 amide bonds. The quantitative estimate of drug-likeness (QED) is 0.287. The van der Waals surface area contributed by atoms with Crippen LogP contribution in [0.15, 0.2) is 65.3 Å². The monoisotopic (exact) mass is 473 g/mol. The van der Waals surface area contributed by atoms with Crippen LogP contribution in [0.2, 0.25) is 5.02 Å². The molecule has 0 radical (unpaired) electrons. The van der Waals surface area contributed by atoms with Gasteiger partial charge in [0.1, 0.15) is 11.3 Å². The average Bonchev–Trinajstić information content (AvgIpc) is 3.18. The number of halogens is 1. The zero-order chi connectivity index (χ0) is 24.4. The summed E-state index contributed by atoms with van der Waals surface area (Å²) in [6, 6.07) is 15.8. The second-order valence-corrected chi connectivity index (χ2v) is 8.96. The molecule has 1 aromatic heterocycles. The summed E-state index contributed by atoms with van der Waals surface area (Å²) in [7, 11) is 0. The van der Waals surface area contributed by atoms with Crippen molar-refractivity contribution >= 4 is 39.7 Å². The summed E-state index contributed by atoms with van der Waals surface area (Å²) in [5, 5.41) is 4.48. The molecule has 0 atom stereocenters. The van der Waals surface area contributed by atoms with Crippen LogP contribution in [0.1, 0.15) is 36.1 Å². The van der Waals surface area contributed by atoms with E-state index in [2.05, 4.69) is 37.4 Å². The number of fused-ring (bicyclic) bond motifs is 1. The Hall–Kier alpha value is -3.50. The van der Waals surface area contributed by atoms with E-state index in [9.17, 15) is 4.79 Å². The molecule has 1 N–H and O–H groups in total. The molecule has 0 unspecified atom stereocenters. The molecule has 4 aromatic rings. The Kier molecular flexibility index (Phi) is 6.80. The molecule has 174 valence electrons. The topological polar surface area (TPSA) is 51.5 Å². The molecule has 0 aliphatic rings. The third-order valence-electron chi connectivity index (χ3n) is 5.88. The van der Waals surface area contributed by atoms with E-state index < -0.39 is 0 Å². The zero-order valence-electron chi connectivity index (χ0n) is 20.1. The number of nitrogens with one attached hydrogen (secondary N) is 1. The minimum Gasteiger partial charge on any atom is -0.493 e. The number of rotatable bonds is 6. The van der Waals surface area contributed by atoms with Gasteiger partial charge in [-0.15, -0.1) is 0 Å². The van der Waals surface area contributed by atoms with Crippen molar-refractivity contribution in [1.82, 2.24) is 0 Å². The Bertz CT molecular complexity index is 1410. The fourth-order valence-electron chi connectivity index (χ4n) is 4.13. The highest BCUT2D eigenvalue weighted by molar-refractivity contribution is 6.31. The van der Waals surface area contributed by atoms with Crippen molar-refractivity contribution in [2.75, 3.05) is 11.9 Å². The lowest BCUT2D eigenvalue weighted by Crippen LogP contribution is -2.10. The SMILES string of the molecule is CCOc1cc2occ(-c3ccc(C)cc3C)c2cc1/C(C)=C/C(=O)Nc1cc(Cl)ccc1C. The smallest absolute Gasteiger partial charge is 0.248 e. The molecule has 0 fully saturated rings. The Morgan fingerprint density at radius 2 is 1.82 bits per heavy atom. The third kappa shape index (κ3) is 4.87. The predicted octanol–water partition coefficient (Wildman–Crippen LogP) is 8.12. The Morgan fingerprint density at radius 3 is 2.56 bits per heavy atom. The van der Waals surface area contributed by atoms with Crippen LogP contribution in [0, 0.1) is 20.8 Å². The number of carbonyl (C=O) groups excluding carboxylic acids is 1. The van der Waals surface area contributed by atoms with Crippen molar-refractivity contribution < 1.29 is 13.9 Å². The highest BCUT2D eigenvalue weighted by atomic mass is 35.5. The number of benzene rings is 3. The van der Waals surface area contributed by atoms with Gasteiger partial charge < -0.3 is 14.5 Å². The second kappa shape index (κ2) is 9.78. The van der Waals surface area contributed by atoms with Crippen molar-refractivity contribution in [3.63, 3.8) is 0 Å². The normalized spacial score (nSPS) is 11.6. The van der Waals surface area contributed by atoms with Gasteiger partial charge in [-0.3, -0.25) is 4.79 Å². The molecule has 3 aromatic carbocycles. The summed E-state index contributed by atoms with van der Waals surface area (Å²) < 4.78 is 11.8. The molecule has 0 saturated carbocycles. The second-order valence-electron chi connectivity index (χ2n) is 8.52. The highest BCUT2D eigenvalue weighted by Crippen LogP contribution is 2.38. The number of amides is 1. The molecule has 4 nitrogen and oxygen atoms in total. The highest BCUT2D eigenvalue weighted by Gasteiger charge is 2.16. The maximum Gasteiger partial charge on any atom is 0.248 e. The minimum absolute atomic E-state index is 0.229. The summed E-state index contributed by atoms with van der Waals surface area (Å²) in [6.45, 7) is 10.5. The van der Waals surface area contributed by atoms with E-state index in [1.54, 1.807) is 24.5 Å². The van der Waals surface area contributed by atoms with E-state index in [1.165, 1.54) is 11.1 Å². The van der Waals surface area contributed by atoms with E-state index in [-0.39, 0.29) is 5.91 Å². The van der Waals surface area contributed by atoms with Crippen molar-refractivity contribution in [3.05, 3.63) is 88.1 Å². The number of hydrogen-bond acceptors (Lipinski definition) is 3. The molecule has 0 saturated heterocycles. The van der Waals surface area contributed by atoms with E-state index in [1.807, 2.05) is 39.0 Å². The summed E-state index contributed by atoms with van der Waals surface area (Å²) >= 11 is 6.10. The lowest BCUT2D eigenvalue weighted by Gasteiger charge is -2.12. The standard InChI is InChI=1S/C29H28ClNO3/c1-6-33-27-15-28-24(25(16-34-28)22-10-7-17(2)11-19(22)4)14-23(27)20(5)12-29(32)31-26-13-21(30)9-8-18(26)3/h7-16H,6H2,1-5H3,(H,31,32)/b20-12+. The molecule has 34 heavy (non-hydrogen) atoms. The largest absolute Gasteiger partial charge is 0.493 e. The van der Waals surface area contributed by atoms with E-state index in [0.717, 1.165) is 38.8 Å². The number of anilines is 1. The minimum atomic E-state index is -0.229. The van der Waals surface area contributed by atoms with Gasteiger partial charge in [-0.2, -0.15) is 0 Å². The zero-order valence-corrected chi connectivity index (χ0v) is 20.8. The van der Waals surface area contributed by atoms with Crippen LogP contribution in [0.3, 0.4) is 0 Å². The van der Waals surface area contributed by atoms with Gasteiger partial charge in [0.15, 0.2) is 0 Å². The van der Waals surface area contributed by atoms with Crippen LogP contribution in [0.5, 0.6) is 5.75 Å². The Labute approximate surface area is 205 Å². The first-order chi connectivity index (χ1) is 16.3. The lowest BCUT2D eigenvalue weighted by molar-refractivity contribution is -0.111. The summed E-state index contributed by atoms with van der Waals surface area (Å²) in [4.78, 5) is 12.8. The van der Waals surface area contributed by atoms with Gasteiger partial charge in [-0.05, 0) is 75.1 Å². The average molecular weight is 474 g/mol. The number of furan rings is 1. The van der Waals surface area contributed by atoms with Crippen LogP contribution in [0.25, 0.3) is 27.7 Å². The summed E-state index contributed by atoms with van der Waals surface area (Å²) in [6.07, 6.45) is 3.37. The molecule has 0 spiro atoms. The maximum atomic E-state index is 12.8. The molecule has 5 heteroatoms. The van der Waals surface area contributed by atoms with Gasteiger partial charge in [0.25, 0.3) is 0 Å². The van der Waals surface area contributed by atoms with E-state index >= 15 is 0 Å². The number of aryl methyl sites for hydroxylation is 3. The molecule has 0 aliphatic heterocycles. The first-order valence-electron chi connectivity index (χ1n) is 11.3. The van der Waals surface area contributed by atoms with Gasteiger partial charge in [0.05, 0.1) is 12.9 Å². The maximum absolute atomic E-state index is 12.8. The van der Waals surface area contributed by atoms with E-state index in [4.69, 9.17) is 20.8 Å². The molecular weight excluding hydrogens is 446 g/mol. The third-order valence-corrected chi connectivity index (χ3v) is 6.11. The first kappa shape index (κ1) is 23.7. The number of carbonyl (C=O) groups is 1. The lowest BCUT2D eigenvalue weighted by atomic mass is 9.96. The summed E-state index contributed by atoms with van der Waals surface area (Å²) in [5.74, 6) is 0.448. The van der Waals surface area contributed by atoms with Crippen molar-refractivity contribution in [3.8, 4) is 16.9 Å². The number of ether oxygens (including phenoxy) is 1. The van der Waals surface area contributed by atoms with Crippen LogP contribution >= 0.6 is 11.6 Å². The molecule has 0 bridgehead atoms. The van der Waals surface area contributed by atoms with Crippen LogP contribution in [-0.4, -0.2) is 12.5 Å². The molecule has 0 aliphatic carbocycles. The predicted molar refractivity (Wildman–Crippen MR) is 141 cm³/mol. The molecule has 1 heterocycles. The van der Waals surface area contributed by atoms with Gasteiger partial charge in [-0.1, -0.05) is 41.4 Å². The first-order valence-corrected chi connectivity index (χ1v) is 11.7. The molecule has 4 rings (SSSR count). The van der Waals surface area contributed by atoms with Crippen molar-refractivity contribution in [2.24, 2.45) is 0 Å². The van der Waals surface area contributed by atoms with Gasteiger partial charge in [0, 0.05) is 39.4 Å². The van der Waals surface area contributed by atoms with Gasteiger partial charge in [-0.25, -0.2) is 0 Å².